The fraction of sp³-hybridized carbons (Fsp3) is 0.350. The summed E-state index contributed by atoms with van der Waals surface area (Å²) < 4.78 is 12.0. The van der Waals surface area contributed by atoms with Gasteiger partial charge in [-0.1, -0.05) is 23.2 Å². The Labute approximate surface area is 172 Å². The third-order valence-electron chi connectivity index (χ3n) is 4.78. The summed E-state index contributed by atoms with van der Waals surface area (Å²) in [6, 6.07) is 7.79. The van der Waals surface area contributed by atoms with Gasteiger partial charge >= 0.3 is 11.9 Å². The summed E-state index contributed by atoms with van der Waals surface area (Å²) in [6.07, 6.45) is 0.162. The molecule has 0 amide bonds. The minimum Gasteiger partial charge on any atom is -0.465 e. The van der Waals surface area contributed by atoms with E-state index in [2.05, 4.69) is 0 Å². The van der Waals surface area contributed by atoms with Crippen molar-refractivity contribution in [1.82, 2.24) is 4.57 Å². The van der Waals surface area contributed by atoms with Crippen molar-refractivity contribution in [2.45, 2.75) is 32.2 Å². The molecule has 1 aliphatic heterocycles. The van der Waals surface area contributed by atoms with Gasteiger partial charge in [-0.25, -0.2) is 0 Å². The van der Waals surface area contributed by atoms with E-state index in [9.17, 15) is 14.4 Å². The van der Waals surface area contributed by atoms with Crippen molar-refractivity contribution < 1.29 is 23.9 Å². The highest BCUT2D eigenvalue weighted by Crippen LogP contribution is 2.40. The van der Waals surface area contributed by atoms with E-state index in [1.165, 1.54) is 6.07 Å². The first kappa shape index (κ1) is 20.4. The van der Waals surface area contributed by atoms with Crippen molar-refractivity contribution in [2.75, 3.05) is 13.2 Å². The zero-order valence-corrected chi connectivity index (χ0v) is 17.0. The van der Waals surface area contributed by atoms with Crippen LogP contribution in [0.5, 0.6) is 0 Å². The molecule has 1 aromatic heterocycles. The highest BCUT2D eigenvalue weighted by molar-refractivity contribution is 6.37. The van der Waals surface area contributed by atoms with Crippen molar-refractivity contribution in [1.29, 1.82) is 0 Å². The minimum atomic E-state index is -1.58. The van der Waals surface area contributed by atoms with Crippen LogP contribution >= 0.6 is 23.2 Å². The van der Waals surface area contributed by atoms with Crippen molar-refractivity contribution in [3.63, 3.8) is 0 Å². The molecular formula is C20H19Cl2NO5. The Balaban J connectivity index is 2.07. The number of hydrogen-bond donors (Lipinski definition) is 0. The van der Waals surface area contributed by atoms with Crippen LogP contribution in [-0.4, -0.2) is 35.5 Å². The first-order valence-corrected chi connectivity index (χ1v) is 9.66. The summed E-state index contributed by atoms with van der Waals surface area (Å²) in [5.41, 5.74) is -0.571. The van der Waals surface area contributed by atoms with Crippen LogP contribution in [0.4, 0.5) is 0 Å². The summed E-state index contributed by atoms with van der Waals surface area (Å²) in [7, 11) is 0. The van der Waals surface area contributed by atoms with Gasteiger partial charge in [-0.3, -0.25) is 14.4 Å². The number of ketones is 1. The molecule has 0 spiro atoms. The molecule has 0 fully saturated rings. The van der Waals surface area contributed by atoms with Crippen molar-refractivity contribution >= 4 is 40.9 Å². The van der Waals surface area contributed by atoms with Crippen LogP contribution in [-0.2, 0) is 31.0 Å². The standard InChI is InChI=1S/C20H19Cl2NO5/c1-3-27-18(25)20(19(26)28-4-2)9-10-23-15(7-8-16(20)23)17(24)13-6-5-12(21)11-14(13)22/h5-8,11H,3-4,9-10H2,1-2H3. The van der Waals surface area contributed by atoms with E-state index in [0.29, 0.717) is 23.0 Å². The van der Waals surface area contributed by atoms with Gasteiger partial charge in [-0.15, -0.1) is 0 Å². The summed E-state index contributed by atoms with van der Waals surface area (Å²) in [5.74, 6) is -1.67. The quantitative estimate of drug-likeness (QED) is 0.401. The molecule has 1 aliphatic rings. The Morgan fingerprint density at radius 1 is 1.04 bits per heavy atom. The largest absolute Gasteiger partial charge is 0.465 e. The molecule has 0 aliphatic carbocycles. The SMILES string of the molecule is CCOC(=O)C1(C(=O)OCC)CCn2c(C(=O)c3ccc(Cl)cc3Cl)ccc21. The third kappa shape index (κ3) is 3.20. The lowest BCUT2D eigenvalue weighted by molar-refractivity contribution is -0.164. The van der Waals surface area contributed by atoms with E-state index in [1.807, 2.05) is 0 Å². The minimum absolute atomic E-state index is 0.132. The Bertz CT molecular complexity index is 932. The number of rotatable bonds is 6. The number of benzene rings is 1. The predicted molar refractivity (Wildman–Crippen MR) is 104 cm³/mol. The van der Waals surface area contributed by atoms with E-state index in [-0.39, 0.29) is 36.0 Å². The van der Waals surface area contributed by atoms with E-state index < -0.39 is 17.4 Å². The Hall–Kier alpha value is -2.31. The molecule has 0 atom stereocenters. The van der Waals surface area contributed by atoms with Gasteiger partial charge < -0.3 is 14.0 Å². The van der Waals surface area contributed by atoms with Crippen molar-refractivity contribution in [2.24, 2.45) is 0 Å². The zero-order valence-electron chi connectivity index (χ0n) is 15.5. The van der Waals surface area contributed by atoms with Crippen LogP contribution in [0.15, 0.2) is 30.3 Å². The Morgan fingerprint density at radius 3 is 2.25 bits per heavy atom. The molecule has 3 rings (SSSR count). The summed E-state index contributed by atoms with van der Waals surface area (Å²) in [6.45, 7) is 3.90. The lowest BCUT2D eigenvalue weighted by atomic mass is 9.83. The topological polar surface area (TPSA) is 74.6 Å². The van der Waals surface area contributed by atoms with Crippen LogP contribution in [0.1, 0.15) is 42.0 Å². The second kappa shape index (κ2) is 7.97. The van der Waals surface area contributed by atoms with Gasteiger partial charge in [0.25, 0.3) is 0 Å². The van der Waals surface area contributed by atoms with Crippen LogP contribution in [0.25, 0.3) is 0 Å². The number of ether oxygens (including phenoxy) is 2. The third-order valence-corrected chi connectivity index (χ3v) is 5.33. The number of aromatic nitrogens is 1. The second-order valence-electron chi connectivity index (χ2n) is 6.31. The number of esters is 2. The van der Waals surface area contributed by atoms with Gasteiger partial charge in [0.2, 0.25) is 11.2 Å². The molecule has 0 N–H and O–H groups in total. The fourth-order valence-corrected chi connectivity index (χ4v) is 4.00. The van der Waals surface area contributed by atoms with E-state index in [4.69, 9.17) is 32.7 Å². The average molecular weight is 424 g/mol. The maximum Gasteiger partial charge on any atom is 0.329 e. The molecule has 0 saturated heterocycles. The Kier molecular flexibility index (Phi) is 5.82. The lowest BCUT2D eigenvalue weighted by Gasteiger charge is -2.23. The summed E-state index contributed by atoms with van der Waals surface area (Å²) in [4.78, 5) is 38.5. The number of fused-ring (bicyclic) bond motifs is 1. The highest BCUT2D eigenvalue weighted by atomic mass is 35.5. The molecule has 28 heavy (non-hydrogen) atoms. The monoisotopic (exact) mass is 423 g/mol. The van der Waals surface area contributed by atoms with Crippen LogP contribution in [0, 0.1) is 0 Å². The number of nitrogens with zero attached hydrogens (tertiary/aromatic N) is 1. The highest BCUT2D eigenvalue weighted by Gasteiger charge is 2.55. The van der Waals surface area contributed by atoms with E-state index >= 15 is 0 Å². The molecule has 8 heteroatoms. The molecule has 0 saturated carbocycles. The van der Waals surface area contributed by atoms with Crippen molar-refractivity contribution in [3.8, 4) is 0 Å². The van der Waals surface area contributed by atoms with Gasteiger partial charge in [-0.05, 0) is 50.6 Å². The summed E-state index contributed by atoms with van der Waals surface area (Å²) >= 11 is 12.1. The van der Waals surface area contributed by atoms with Gasteiger partial charge in [0.1, 0.15) is 0 Å². The van der Waals surface area contributed by atoms with Gasteiger partial charge in [-0.2, -0.15) is 0 Å². The van der Waals surface area contributed by atoms with Crippen LogP contribution < -0.4 is 0 Å². The number of hydrogen-bond acceptors (Lipinski definition) is 5. The maximum absolute atomic E-state index is 13.0. The molecule has 6 nitrogen and oxygen atoms in total. The molecule has 2 heterocycles. The zero-order chi connectivity index (χ0) is 20.5. The smallest absolute Gasteiger partial charge is 0.329 e. The first-order valence-electron chi connectivity index (χ1n) is 8.91. The Morgan fingerprint density at radius 2 is 1.68 bits per heavy atom. The first-order chi connectivity index (χ1) is 13.4. The van der Waals surface area contributed by atoms with Crippen LogP contribution in [0.3, 0.4) is 0 Å². The normalized spacial score (nSPS) is 14.4. The van der Waals surface area contributed by atoms with Gasteiger partial charge in [0.05, 0.1) is 23.9 Å². The maximum atomic E-state index is 13.0. The molecule has 0 bridgehead atoms. The molecule has 0 unspecified atom stereocenters. The summed E-state index contributed by atoms with van der Waals surface area (Å²) in [5, 5.41) is 0.652. The number of halogens is 2. The molecule has 2 aromatic rings. The number of carbonyl (C=O) groups excluding carboxylic acids is 3. The fourth-order valence-electron chi connectivity index (χ4n) is 3.50. The number of carbonyl (C=O) groups is 3. The molecular weight excluding hydrogens is 405 g/mol. The second-order valence-corrected chi connectivity index (χ2v) is 7.15. The van der Waals surface area contributed by atoms with Gasteiger partial charge in [0, 0.05) is 22.8 Å². The van der Waals surface area contributed by atoms with Crippen molar-refractivity contribution in [3.05, 3.63) is 57.3 Å². The lowest BCUT2D eigenvalue weighted by Crippen LogP contribution is -2.44. The van der Waals surface area contributed by atoms with E-state index in [0.717, 1.165) is 0 Å². The predicted octanol–water partition coefficient (Wildman–Crippen LogP) is 3.79. The molecule has 148 valence electrons. The molecule has 1 aromatic carbocycles. The molecule has 0 radical (unpaired) electrons. The van der Waals surface area contributed by atoms with E-state index in [1.54, 1.807) is 42.7 Å². The van der Waals surface area contributed by atoms with Gasteiger partial charge in [0.15, 0.2) is 0 Å². The van der Waals surface area contributed by atoms with Crippen LogP contribution in [0.2, 0.25) is 10.0 Å². The average Bonchev–Trinajstić information content (AvgIpc) is 3.22.